The van der Waals surface area contributed by atoms with Crippen LogP contribution >= 0.6 is 11.6 Å². The first-order chi connectivity index (χ1) is 12.3. The van der Waals surface area contributed by atoms with Gasteiger partial charge in [-0.15, -0.1) is 0 Å². The molecule has 2 unspecified atom stereocenters. The fourth-order valence-electron chi connectivity index (χ4n) is 4.48. The molecule has 0 radical (unpaired) electrons. The molecule has 9 heteroatoms. The molecule has 2 saturated carbocycles. The van der Waals surface area contributed by atoms with E-state index in [1.807, 2.05) is 0 Å². The smallest absolute Gasteiger partial charge is 0.411 e. The minimum absolute atomic E-state index is 0.0761. The van der Waals surface area contributed by atoms with E-state index in [1.165, 1.54) is 0 Å². The quantitative estimate of drug-likeness (QED) is 0.433. The molecule has 0 aliphatic heterocycles. The molecule has 2 aliphatic rings. The summed E-state index contributed by atoms with van der Waals surface area (Å²) < 4.78 is 38.9. The molecule has 1 aromatic rings. The van der Waals surface area contributed by atoms with Crippen LogP contribution in [0.25, 0.3) is 0 Å². The molecule has 0 saturated heterocycles. The van der Waals surface area contributed by atoms with Crippen molar-refractivity contribution >= 4 is 34.7 Å². The second-order valence-corrected chi connectivity index (χ2v) is 8.19. The summed E-state index contributed by atoms with van der Waals surface area (Å²) in [6.07, 6.45) is -3.96. The molecule has 2 fully saturated rings. The Labute approximate surface area is 158 Å². The van der Waals surface area contributed by atoms with Gasteiger partial charge in [0.15, 0.2) is 5.78 Å². The highest BCUT2D eigenvalue weighted by Gasteiger charge is 2.77. The number of rotatable bonds is 2. The number of ketones is 1. The lowest BCUT2D eigenvalue weighted by molar-refractivity contribution is -0.140. The van der Waals surface area contributed by atoms with Gasteiger partial charge < -0.3 is 10.5 Å². The zero-order valence-corrected chi connectivity index (χ0v) is 15.6. The number of oxime groups is 1. The molecule has 5 nitrogen and oxygen atoms in total. The van der Waals surface area contributed by atoms with Crippen LogP contribution < -0.4 is 5.32 Å². The number of anilines is 1. The van der Waals surface area contributed by atoms with Crippen LogP contribution in [0.5, 0.6) is 0 Å². The molecular formula is C18H18ClF3N2O3. The van der Waals surface area contributed by atoms with Crippen molar-refractivity contribution in [3.63, 3.8) is 0 Å². The van der Waals surface area contributed by atoms with Gasteiger partial charge in [0.1, 0.15) is 11.1 Å². The number of alkyl halides is 3. The number of nitrogens with zero attached hydrogens (tertiary/aromatic N) is 1. The highest BCUT2D eigenvalue weighted by Crippen LogP contribution is 2.69. The molecular weight excluding hydrogens is 385 g/mol. The Balaban J connectivity index is 2.04. The van der Waals surface area contributed by atoms with Gasteiger partial charge in [0.25, 0.3) is 0 Å². The monoisotopic (exact) mass is 402 g/mol. The summed E-state index contributed by atoms with van der Waals surface area (Å²) in [7, 11) is 0. The first-order valence-electron chi connectivity index (χ1n) is 8.28. The highest BCUT2D eigenvalue weighted by molar-refractivity contribution is 6.51. The van der Waals surface area contributed by atoms with E-state index >= 15 is 0 Å². The van der Waals surface area contributed by atoms with Crippen LogP contribution in [0.4, 0.5) is 18.9 Å². The number of Topliss-reactive ketones (excluding diaryl/α,β-unsaturated/α-hetero) is 1. The lowest BCUT2D eigenvalue weighted by Crippen LogP contribution is -2.47. The van der Waals surface area contributed by atoms with Gasteiger partial charge in [0.2, 0.25) is 5.91 Å². The number of benzene rings is 1. The van der Waals surface area contributed by atoms with Crippen molar-refractivity contribution in [2.45, 2.75) is 39.8 Å². The van der Waals surface area contributed by atoms with Crippen LogP contribution in [0.1, 0.15) is 39.2 Å². The second-order valence-electron chi connectivity index (χ2n) is 7.79. The number of hydrogen-bond acceptors (Lipinski definition) is 4. The summed E-state index contributed by atoms with van der Waals surface area (Å²) in [6.45, 7) is 5.20. The standard InChI is InChI=1S/C18H18ClF3N2O3/c1-15(2)16(3)6-7-17(15,13(25)12(16)24-27)14(26)23-11-8-9(18(20,21)22)4-5-10(11)19/h4-5,8,27H,6-7H2,1-3H3,(H,23,26). The van der Waals surface area contributed by atoms with Crippen molar-refractivity contribution < 1.29 is 28.0 Å². The molecule has 0 heterocycles. The van der Waals surface area contributed by atoms with Crippen LogP contribution in [0.15, 0.2) is 23.4 Å². The van der Waals surface area contributed by atoms with Crippen LogP contribution in [-0.4, -0.2) is 22.6 Å². The number of nitrogens with one attached hydrogen (secondary N) is 1. The van der Waals surface area contributed by atoms with Gasteiger partial charge in [0, 0.05) is 5.41 Å². The molecule has 1 aromatic carbocycles. The van der Waals surface area contributed by atoms with Gasteiger partial charge in [0.05, 0.1) is 16.3 Å². The Morgan fingerprint density at radius 2 is 1.89 bits per heavy atom. The topological polar surface area (TPSA) is 78.8 Å². The normalized spacial score (nSPS) is 30.8. The minimum Gasteiger partial charge on any atom is -0.411 e. The molecule has 2 bridgehead atoms. The van der Waals surface area contributed by atoms with Crippen molar-refractivity contribution in [3.8, 4) is 0 Å². The fraction of sp³-hybridized carbons (Fsp3) is 0.500. The summed E-state index contributed by atoms with van der Waals surface area (Å²) in [5.74, 6) is -1.36. The van der Waals surface area contributed by atoms with E-state index in [4.69, 9.17) is 11.6 Å². The van der Waals surface area contributed by atoms with Gasteiger partial charge in [-0.3, -0.25) is 9.59 Å². The summed E-state index contributed by atoms with van der Waals surface area (Å²) in [4.78, 5) is 26.0. The van der Waals surface area contributed by atoms with Crippen LogP contribution in [0.3, 0.4) is 0 Å². The predicted octanol–water partition coefficient (Wildman–Crippen LogP) is 4.52. The van der Waals surface area contributed by atoms with Crippen molar-refractivity contribution in [2.75, 3.05) is 5.32 Å². The van der Waals surface area contributed by atoms with E-state index < -0.39 is 39.7 Å². The maximum absolute atomic E-state index is 13.1. The van der Waals surface area contributed by atoms with Crippen molar-refractivity contribution in [1.29, 1.82) is 0 Å². The van der Waals surface area contributed by atoms with Gasteiger partial charge in [-0.05, 0) is 36.5 Å². The summed E-state index contributed by atoms with van der Waals surface area (Å²) in [5, 5.41) is 14.8. The molecule has 2 atom stereocenters. The number of hydrogen-bond donors (Lipinski definition) is 2. The van der Waals surface area contributed by atoms with E-state index in [0.717, 1.165) is 18.2 Å². The third-order valence-electron chi connectivity index (χ3n) is 6.60. The zero-order chi connectivity index (χ0) is 20.4. The average molecular weight is 403 g/mol. The van der Waals surface area contributed by atoms with Gasteiger partial charge in [-0.1, -0.05) is 37.5 Å². The zero-order valence-electron chi connectivity index (χ0n) is 14.9. The molecule has 3 rings (SSSR count). The number of carbonyl (C=O) groups is 2. The number of amides is 1. The molecule has 0 aromatic heterocycles. The van der Waals surface area contributed by atoms with E-state index in [9.17, 15) is 28.0 Å². The molecule has 2 aliphatic carbocycles. The minimum atomic E-state index is -4.60. The third-order valence-corrected chi connectivity index (χ3v) is 6.93. The first kappa shape index (κ1) is 19.7. The lowest BCUT2D eigenvalue weighted by Gasteiger charge is -2.37. The SMILES string of the molecule is CC12CCC(C(=O)Nc3cc(C(F)(F)F)ccc3Cl)(C(=O)C1=NO)C2(C)C. The summed E-state index contributed by atoms with van der Waals surface area (Å²) in [6, 6.07) is 2.58. The van der Waals surface area contributed by atoms with Gasteiger partial charge >= 0.3 is 6.18 Å². The summed E-state index contributed by atoms with van der Waals surface area (Å²) >= 11 is 5.96. The fourth-order valence-corrected chi connectivity index (χ4v) is 4.65. The number of halogens is 4. The largest absolute Gasteiger partial charge is 0.416 e. The Morgan fingerprint density at radius 3 is 2.41 bits per heavy atom. The lowest BCUT2D eigenvalue weighted by atomic mass is 9.64. The Hall–Kier alpha value is -2.09. The second kappa shape index (κ2) is 5.70. The van der Waals surface area contributed by atoms with E-state index in [0.29, 0.717) is 6.42 Å². The van der Waals surface area contributed by atoms with E-state index in [2.05, 4.69) is 10.5 Å². The van der Waals surface area contributed by atoms with E-state index in [-0.39, 0.29) is 22.8 Å². The first-order valence-corrected chi connectivity index (χ1v) is 8.66. The molecule has 2 N–H and O–H groups in total. The van der Waals surface area contributed by atoms with Crippen LogP contribution in [0, 0.1) is 16.2 Å². The maximum atomic E-state index is 13.1. The average Bonchev–Trinajstić information content (AvgIpc) is 2.84. The van der Waals surface area contributed by atoms with Crippen molar-refractivity contribution in [2.24, 2.45) is 21.4 Å². The summed E-state index contributed by atoms with van der Waals surface area (Å²) in [5.41, 5.74) is -4.52. The van der Waals surface area contributed by atoms with Crippen molar-refractivity contribution in [3.05, 3.63) is 28.8 Å². The van der Waals surface area contributed by atoms with Gasteiger partial charge in [-0.25, -0.2) is 0 Å². The molecule has 1 amide bonds. The van der Waals surface area contributed by atoms with Crippen molar-refractivity contribution in [1.82, 2.24) is 0 Å². The molecule has 27 heavy (non-hydrogen) atoms. The molecule has 146 valence electrons. The third kappa shape index (κ3) is 2.35. The highest BCUT2D eigenvalue weighted by atomic mass is 35.5. The van der Waals surface area contributed by atoms with Crippen LogP contribution in [0.2, 0.25) is 5.02 Å². The number of carbonyl (C=O) groups excluding carboxylic acids is 2. The maximum Gasteiger partial charge on any atom is 0.416 e. The Bertz CT molecular complexity index is 881. The Kier molecular flexibility index (Phi) is 4.15. The molecule has 0 spiro atoms. The Morgan fingerprint density at radius 1 is 1.26 bits per heavy atom. The van der Waals surface area contributed by atoms with Crippen LogP contribution in [-0.2, 0) is 15.8 Å². The van der Waals surface area contributed by atoms with Gasteiger partial charge in [-0.2, -0.15) is 13.2 Å². The number of fused-ring (bicyclic) bond motifs is 2. The predicted molar refractivity (Wildman–Crippen MR) is 92.9 cm³/mol. The van der Waals surface area contributed by atoms with E-state index in [1.54, 1.807) is 20.8 Å².